The van der Waals surface area contributed by atoms with Crippen LogP contribution in [0.1, 0.15) is 13.3 Å². The zero-order valence-corrected chi connectivity index (χ0v) is 8.53. The number of rotatable bonds is 6. The van der Waals surface area contributed by atoms with Crippen LogP contribution >= 0.6 is 0 Å². The van der Waals surface area contributed by atoms with E-state index < -0.39 is 18.0 Å². The maximum atomic E-state index is 11.3. The summed E-state index contributed by atoms with van der Waals surface area (Å²) in [6.07, 6.45) is 4.46. The minimum Gasteiger partial charge on any atom is -0.463 e. The van der Waals surface area contributed by atoms with Crippen molar-refractivity contribution >= 4 is 5.97 Å². The summed E-state index contributed by atoms with van der Waals surface area (Å²) >= 11 is 0. The van der Waals surface area contributed by atoms with Gasteiger partial charge in [0.15, 0.2) is 0 Å². The van der Waals surface area contributed by atoms with Crippen molar-refractivity contribution in [3.05, 3.63) is 0 Å². The zero-order valence-electron chi connectivity index (χ0n) is 8.53. The van der Waals surface area contributed by atoms with Crippen molar-refractivity contribution in [1.82, 2.24) is 0 Å². The first-order chi connectivity index (χ1) is 6.63. The second-order valence-electron chi connectivity index (χ2n) is 2.92. The lowest BCUT2D eigenvalue weighted by Gasteiger charge is -2.15. The fraction of sp³-hybridized carbons (Fsp3) is 0.700. The Hall–Kier alpha value is -1.05. The van der Waals surface area contributed by atoms with Gasteiger partial charge in [0.25, 0.3) is 0 Å². The van der Waals surface area contributed by atoms with Gasteiger partial charge < -0.3 is 14.6 Å². The molecular weight excluding hydrogens is 184 g/mol. The minimum absolute atomic E-state index is 0.184. The first kappa shape index (κ1) is 12.9. The van der Waals surface area contributed by atoms with E-state index in [9.17, 15) is 9.90 Å². The average molecular weight is 200 g/mol. The molecule has 0 radical (unpaired) electrons. The summed E-state index contributed by atoms with van der Waals surface area (Å²) in [5.74, 6) is 1.21. The van der Waals surface area contributed by atoms with Gasteiger partial charge in [0.2, 0.25) is 0 Å². The van der Waals surface area contributed by atoms with Crippen molar-refractivity contribution in [2.45, 2.75) is 19.4 Å². The molecule has 0 amide bonds. The molecule has 0 aliphatic heterocycles. The van der Waals surface area contributed by atoms with E-state index in [0.29, 0.717) is 6.61 Å². The molecule has 1 N–H and O–H groups in total. The molecule has 0 spiro atoms. The first-order valence-electron chi connectivity index (χ1n) is 4.40. The molecule has 0 unspecified atom stereocenters. The number of terminal acetylenes is 1. The van der Waals surface area contributed by atoms with Gasteiger partial charge in [0.05, 0.1) is 18.6 Å². The molecule has 4 nitrogen and oxygen atoms in total. The smallest absolute Gasteiger partial charge is 0.312 e. The van der Waals surface area contributed by atoms with Gasteiger partial charge in [0, 0.05) is 13.5 Å². The number of methoxy groups -OCH3 is 1. The quantitative estimate of drug-likeness (QED) is 0.378. The highest BCUT2D eigenvalue weighted by molar-refractivity contribution is 5.73. The molecule has 0 heterocycles. The van der Waals surface area contributed by atoms with Crippen LogP contribution in [0.4, 0.5) is 0 Å². The molecule has 0 bridgehead atoms. The van der Waals surface area contributed by atoms with Crippen LogP contribution in [0.15, 0.2) is 0 Å². The summed E-state index contributed by atoms with van der Waals surface area (Å²) < 4.78 is 9.55. The molecule has 0 saturated heterocycles. The maximum Gasteiger partial charge on any atom is 0.312 e. The lowest BCUT2D eigenvalue weighted by atomic mass is 10.0. The molecule has 0 aromatic heterocycles. The molecule has 0 saturated carbocycles. The summed E-state index contributed by atoms with van der Waals surface area (Å²) in [5.41, 5.74) is 0. The number of hydrogen-bond acceptors (Lipinski definition) is 4. The van der Waals surface area contributed by atoms with Gasteiger partial charge >= 0.3 is 5.97 Å². The third-order valence-electron chi connectivity index (χ3n) is 1.75. The predicted molar refractivity (Wildman–Crippen MR) is 51.5 cm³/mol. The third kappa shape index (κ3) is 4.85. The maximum absolute atomic E-state index is 11.3. The highest BCUT2D eigenvalue weighted by Gasteiger charge is 2.23. The number of carbonyl (C=O) groups excluding carboxylic acids is 1. The lowest BCUT2D eigenvalue weighted by molar-refractivity contribution is -0.153. The number of hydrogen-bond donors (Lipinski definition) is 1. The minimum atomic E-state index is -0.791. The van der Waals surface area contributed by atoms with Crippen LogP contribution in [0.3, 0.4) is 0 Å². The monoisotopic (exact) mass is 200 g/mol. The van der Waals surface area contributed by atoms with E-state index in [2.05, 4.69) is 5.92 Å². The van der Waals surface area contributed by atoms with Crippen LogP contribution in [-0.4, -0.2) is 37.5 Å². The Balaban J connectivity index is 3.97. The number of carbonyl (C=O) groups is 1. The topological polar surface area (TPSA) is 55.8 Å². The Kier molecular flexibility index (Phi) is 6.81. The largest absolute Gasteiger partial charge is 0.463 e. The zero-order chi connectivity index (χ0) is 11.0. The van der Waals surface area contributed by atoms with Crippen molar-refractivity contribution in [3.8, 4) is 12.3 Å². The predicted octanol–water partition coefficient (Wildman–Crippen LogP) is 0.196. The molecular formula is C10H16O4. The van der Waals surface area contributed by atoms with Crippen LogP contribution in [0.5, 0.6) is 0 Å². The number of ether oxygens (including phenoxy) is 2. The summed E-state index contributed by atoms with van der Waals surface area (Å²) in [7, 11) is 1.52. The van der Waals surface area contributed by atoms with Crippen molar-refractivity contribution in [2.75, 3.05) is 20.3 Å². The fourth-order valence-electron chi connectivity index (χ4n) is 0.910. The number of aliphatic hydroxyl groups is 1. The van der Waals surface area contributed by atoms with Crippen LogP contribution in [0.2, 0.25) is 0 Å². The van der Waals surface area contributed by atoms with E-state index in [0.717, 1.165) is 0 Å². The van der Waals surface area contributed by atoms with E-state index in [1.54, 1.807) is 0 Å². The molecule has 0 aliphatic rings. The van der Waals surface area contributed by atoms with Crippen molar-refractivity contribution in [1.29, 1.82) is 0 Å². The Morgan fingerprint density at radius 3 is 2.64 bits per heavy atom. The van der Waals surface area contributed by atoms with Crippen LogP contribution < -0.4 is 0 Å². The first-order valence-corrected chi connectivity index (χ1v) is 4.40. The van der Waals surface area contributed by atoms with Gasteiger partial charge in [-0.1, -0.05) is 0 Å². The van der Waals surface area contributed by atoms with Gasteiger partial charge in [-0.2, -0.15) is 0 Å². The molecule has 4 heteroatoms. The third-order valence-corrected chi connectivity index (χ3v) is 1.75. The van der Waals surface area contributed by atoms with Crippen LogP contribution in [-0.2, 0) is 14.3 Å². The second kappa shape index (κ2) is 7.36. The Labute approximate surface area is 84.2 Å². The number of aliphatic hydroxyl groups excluding tert-OH is 1. The van der Waals surface area contributed by atoms with Crippen LogP contribution in [0.25, 0.3) is 0 Å². The SMILES string of the molecule is C#CC[C@@H](C(=O)OCCOC)[C@H](C)O. The van der Waals surface area contributed by atoms with Crippen LogP contribution in [0, 0.1) is 18.3 Å². The van der Waals surface area contributed by atoms with Gasteiger partial charge in [-0.05, 0) is 6.92 Å². The van der Waals surface area contributed by atoms with E-state index in [1.165, 1.54) is 14.0 Å². The molecule has 80 valence electrons. The van der Waals surface area contributed by atoms with Crippen molar-refractivity contribution in [2.24, 2.45) is 5.92 Å². The molecule has 0 aromatic rings. The highest BCUT2D eigenvalue weighted by atomic mass is 16.6. The average Bonchev–Trinajstić information content (AvgIpc) is 2.13. The molecule has 0 aliphatic carbocycles. The van der Waals surface area contributed by atoms with E-state index in [4.69, 9.17) is 15.9 Å². The van der Waals surface area contributed by atoms with Gasteiger partial charge in [-0.3, -0.25) is 4.79 Å². The fourth-order valence-corrected chi connectivity index (χ4v) is 0.910. The molecule has 0 rings (SSSR count). The van der Waals surface area contributed by atoms with Gasteiger partial charge in [-0.15, -0.1) is 12.3 Å². The Bertz CT molecular complexity index is 205. The second-order valence-corrected chi connectivity index (χ2v) is 2.92. The van der Waals surface area contributed by atoms with E-state index >= 15 is 0 Å². The highest BCUT2D eigenvalue weighted by Crippen LogP contribution is 2.10. The number of esters is 1. The standard InChI is InChI=1S/C10H16O4/c1-4-5-9(8(2)11)10(12)14-7-6-13-3/h1,8-9,11H,5-7H2,2-3H3/t8-,9+/m0/s1. The van der Waals surface area contributed by atoms with Crippen molar-refractivity contribution < 1.29 is 19.4 Å². The Morgan fingerprint density at radius 1 is 1.57 bits per heavy atom. The van der Waals surface area contributed by atoms with Gasteiger partial charge in [-0.25, -0.2) is 0 Å². The summed E-state index contributed by atoms with van der Waals surface area (Å²) in [6.45, 7) is 2.04. The normalized spacial score (nSPS) is 14.1. The molecule has 0 aromatic carbocycles. The summed E-state index contributed by atoms with van der Waals surface area (Å²) in [6, 6.07) is 0. The molecule has 0 fully saturated rings. The summed E-state index contributed by atoms with van der Waals surface area (Å²) in [4.78, 5) is 11.3. The van der Waals surface area contributed by atoms with E-state index in [1.807, 2.05) is 0 Å². The van der Waals surface area contributed by atoms with E-state index in [-0.39, 0.29) is 13.0 Å². The molecule has 14 heavy (non-hydrogen) atoms. The van der Waals surface area contributed by atoms with Crippen molar-refractivity contribution in [3.63, 3.8) is 0 Å². The van der Waals surface area contributed by atoms with Gasteiger partial charge in [0.1, 0.15) is 6.61 Å². The Morgan fingerprint density at radius 2 is 2.21 bits per heavy atom. The lowest BCUT2D eigenvalue weighted by Crippen LogP contribution is -2.28. The molecule has 2 atom stereocenters. The summed E-state index contributed by atoms with van der Waals surface area (Å²) in [5, 5.41) is 9.24.